The van der Waals surface area contributed by atoms with Crippen molar-refractivity contribution in [3.63, 3.8) is 0 Å². The molecule has 0 radical (unpaired) electrons. The number of hydrogen-bond donors (Lipinski definition) is 0. The summed E-state index contributed by atoms with van der Waals surface area (Å²) in [7, 11) is 3.38. The quantitative estimate of drug-likeness (QED) is 0.602. The van der Waals surface area contributed by atoms with Crippen molar-refractivity contribution in [3.05, 3.63) is 59.2 Å². The second kappa shape index (κ2) is 8.75. The Balaban J connectivity index is 1.33. The van der Waals surface area contributed by atoms with E-state index in [0.717, 1.165) is 30.4 Å². The largest absolute Gasteiger partial charge is 0.493 e. The zero-order valence-corrected chi connectivity index (χ0v) is 17.6. The summed E-state index contributed by atoms with van der Waals surface area (Å²) in [6, 6.07) is 15.0. The summed E-state index contributed by atoms with van der Waals surface area (Å²) in [5.74, 6) is 2.87. The van der Waals surface area contributed by atoms with Crippen LogP contribution in [-0.4, -0.2) is 32.2 Å². The minimum Gasteiger partial charge on any atom is -0.493 e. The van der Waals surface area contributed by atoms with E-state index in [1.165, 1.54) is 49.0 Å². The first-order chi connectivity index (χ1) is 13.7. The van der Waals surface area contributed by atoms with Crippen LogP contribution in [0.4, 0.5) is 0 Å². The third kappa shape index (κ3) is 4.16. The maximum Gasteiger partial charge on any atom is 0.161 e. The average molecular weight is 400 g/mol. The first-order valence-electron chi connectivity index (χ1n) is 10.3. The average Bonchev–Trinajstić information content (AvgIpc) is 3.03. The lowest BCUT2D eigenvalue weighted by atomic mass is 9.85. The highest BCUT2D eigenvalue weighted by molar-refractivity contribution is 6.21. The zero-order chi connectivity index (χ0) is 19.5. The molecule has 3 nitrogen and oxygen atoms in total. The number of likely N-dealkylation sites (tertiary alicyclic amines) is 1. The number of hydrogen-bond acceptors (Lipinski definition) is 3. The minimum atomic E-state index is 0.0807. The number of fused-ring (bicyclic) bond motifs is 1. The molecule has 28 heavy (non-hydrogen) atoms. The molecular formula is C24H30ClNO2. The third-order valence-corrected chi connectivity index (χ3v) is 7.02. The number of alkyl halides is 1. The van der Waals surface area contributed by atoms with E-state index in [1.54, 1.807) is 14.2 Å². The topological polar surface area (TPSA) is 21.7 Å². The van der Waals surface area contributed by atoms with Gasteiger partial charge in [-0.1, -0.05) is 30.3 Å². The van der Waals surface area contributed by atoms with Crippen LogP contribution in [0, 0.1) is 11.8 Å². The van der Waals surface area contributed by atoms with E-state index >= 15 is 0 Å². The van der Waals surface area contributed by atoms with E-state index in [4.69, 9.17) is 21.1 Å². The smallest absolute Gasteiger partial charge is 0.161 e. The van der Waals surface area contributed by atoms with Crippen molar-refractivity contribution in [1.29, 1.82) is 0 Å². The van der Waals surface area contributed by atoms with Gasteiger partial charge in [-0.15, -0.1) is 11.6 Å². The summed E-state index contributed by atoms with van der Waals surface area (Å²) in [6.45, 7) is 3.45. The summed E-state index contributed by atoms with van der Waals surface area (Å²) in [5, 5.41) is 0.0807. The summed E-state index contributed by atoms with van der Waals surface area (Å²) in [4.78, 5) is 2.59. The Morgan fingerprint density at radius 1 is 1.00 bits per heavy atom. The lowest BCUT2D eigenvalue weighted by Gasteiger charge is -2.33. The van der Waals surface area contributed by atoms with E-state index in [9.17, 15) is 0 Å². The molecule has 1 fully saturated rings. The normalized spacial score (nSPS) is 22.8. The molecule has 150 valence electrons. The van der Waals surface area contributed by atoms with Gasteiger partial charge in [-0.25, -0.2) is 0 Å². The first-order valence-corrected chi connectivity index (χ1v) is 10.8. The molecule has 0 amide bonds. The van der Waals surface area contributed by atoms with Crippen LogP contribution in [0.5, 0.6) is 11.5 Å². The minimum absolute atomic E-state index is 0.0807. The highest BCUT2D eigenvalue weighted by Crippen LogP contribution is 2.48. The lowest BCUT2D eigenvalue weighted by Crippen LogP contribution is -2.34. The predicted octanol–water partition coefficient (Wildman–Crippen LogP) is 5.46. The van der Waals surface area contributed by atoms with Crippen molar-refractivity contribution in [1.82, 2.24) is 4.90 Å². The molecule has 0 spiro atoms. The molecule has 1 heterocycles. The van der Waals surface area contributed by atoms with Gasteiger partial charge in [0.05, 0.1) is 19.6 Å². The molecular weight excluding hydrogens is 370 g/mol. The molecule has 4 rings (SSSR count). The molecule has 4 heteroatoms. The SMILES string of the molecule is COc1cc2c(cc1OC)C(Cl)C(CC1CCN(Cc3ccccc3)CC1)C2. The van der Waals surface area contributed by atoms with Crippen LogP contribution >= 0.6 is 11.6 Å². The Bertz CT molecular complexity index is 787. The van der Waals surface area contributed by atoms with E-state index in [0.29, 0.717) is 5.92 Å². The van der Waals surface area contributed by atoms with Crippen molar-refractivity contribution in [2.75, 3.05) is 27.3 Å². The van der Waals surface area contributed by atoms with Gasteiger partial charge in [-0.3, -0.25) is 4.90 Å². The summed E-state index contributed by atoms with van der Waals surface area (Å²) in [5.41, 5.74) is 3.96. The number of nitrogens with zero attached hydrogens (tertiary/aromatic N) is 1. The van der Waals surface area contributed by atoms with Gasteiger partial charge in [0.15, 0.2) is 11.5 Å². The van der Waals surface area contributed by atoms with Crippen molar-refractivity contribution in [2.24, 2.45) is 11.8 Å². The second-order valence-corrected chi connectivity index (χ2v) is 8.68. The maximum atomic E-state index is 6.88. The monoisotopic (exact) mass is 399 g/mol. The van der Waals surface area contributed by atoms with Gasteiger partial charge in [0.25, 0.3) is 0 Å². The van der Waals surface area contributed by atoms with Crippen molar-refractivity contribution >= 4 is 11.6 Å². The Kier molecular flexibility index (Phi) is 6.13. The van der Waals surface area contributed by atoms with E-state index in [1.807, 2.05) is 0 Å². The fourth-order valence-corrected chi connectivity index (χ4v) is 5.26. The lowest BCUT2D eigenvalue weighted by molar-refractivity contribution is 0.161. The third-order valence-electron chi connectivity index (χ3n) is 6.43. The van der Waals surface area contributed by atoms with Crippen LogP contribution in [0.1, 0.15) is 41.3 Å². The van der Waals surface area contributed by atoms with Gasteiger partial charge >= 0.3 is 0 Å². The maximum absolute atomic E-state index is 6.88. The van der Waals surface area contributed by atoms with Crippen LogP contribution in [-0.2, 0) is 13.0 Å². The zero-order valence-electron chi connectivity index (χ0n) is 16.9. The molecule has 0 bridgehead atoms. The van der Waals surface area contributed by atoms with Crippen LogP contribution in [0.15, 0.2) is 42.5 Å². The molecule has 0 saturated carbocycles. The van der Waals surface area contributed by atoms with E-state index < -0.39 is 0 Å². The van der Waals surface area contributed by atoms with Crippen LogP contribution < -0.4 is 9.47 Å². The Hall–Kier alpha value is -1.71. The van der Waals surface area contributed by atoms with Crippen LogP contribution in [0.3, 0.4) is 0 Å². The summed E-state index contributed by atoms with van der Waals surface area (Å²) < 4.78 is 10.9. The Morgan fingerprint density at radius 2 is 1.68 bits per heavy atom. The van der Waals surface area contributed by atoms with E-state index in [2.05, 4.69) is 47.4 Å². The Morgan fingerprint density at radius 3 is 2.36 bits per heavy atom. The Labute approximate surface area is 173 Å². The van der Waals surface area contributed by atoms with Crippen LogP contribution in [0.2, 0.25) is 0 Å². The van der Waals surface area contributed by atoms with Gasteiger partial charge in [-0.05, 0) is 79.4 Å². The van der Waals surface area contributed by atoms with E-state index in [-0.39, 0.29) is 5.38 Å². The summed E-state index contributed by atoms with van der Waals surface area (Å²) in [6.07, 6.45) is 4.81. The van der Waals surface area contributed by atoms with Crippen molar-refractivity contribution in [2.45, 2.75) is 37.6 Å². The molecule has 0 aromatic heterocycles. The molecule has 0 N–H and O–H groups in total. The fraction of sp³-hybridized carbons (Fsp3) is 0.500. The number of ether oxygens (including phenoxy) is 2. The van der Waals surface area contributed by atoms with Gasteiger partial charge < -0.3 is 9.47 Å². The van der Waals surface area contributed by atoms with Crippen LogP contribution in [0.25, 0.3) is 0 Å². The van der Waals surface area contributed by atoms with Gasteiger partial charge in [0, 0.05) is 6.54 Å². The molecule has 1 saturated heterocycles. The number of rotatable bonds is 6. The fourth-order valence-electron chi connectivity index (χ4n) is 4.86. The summed E-state index contributed by atoms with van der Waals surface area (Å²) >= 11 is 6.88. The standard InChI is InChI=1S/C24H30ClNO2/c1-27-22-14-19-13-20(24(25)21(19)15-23(22)28-2)12-17-8-10-26(11-9-17)16-18-6-4-3-5-7-18/h3-7,14-15,17,20,24H,8-13,16H2,1-2H3. The number of halogens is 1. The predicted molar refractivity (Wildman–Crippen MR) is 114 cm³/mol. The van der Waals surface area contributed by atoms with Gasteiger partial charge in [-0.2, -0.15) is 0 Å². The molecule has 1 aliphatic carbocycles. The van der Waals surface area contributed by atoms with Gasteiger partial charge in [0.2, 0.25) is 0 Å². The molecule has 2 aliphatic rings. The highest BCUT2D eigenvalue weighted by atomic mass is 35.5. The molecule has 2 atom stereocenters. The highest BCUT2D eigenvalue weighted by Gasteiger charge is 2.34. The second-order valence-electron chi connectivity index (χ2n) is 8.21. The van der Waals surface area contributed by atoms with Crippen molar-refractivity contribution < 1.29 is 9.47 Å². The number of methoxy groups -OCH3 is 2. The molecule has 1 aliphatic heterocycles. The number of benzene rings is 2. The van der Waals surface area contributed by atoms with Crippen molar-refractivity contribution in [3.8, 4) is 11.5 Å². The molecule has 2 aromatic carbocycles. The molecule has 2 unspecified atom stereocenters. The van der Waals surface area contributed by atoms with Gasteiger partial charge in [0.1, 0.15) is 0 Å². The first kappa shape index (κ1) is 19.6. The molecule has 2 aromatic rings. The number of piperidine rings is 1.